The maximum atomic E-state index is 12.8. The average Bonchev–Trinajstić information content (AvgIpc) is 2.27. The Balaban J connectivity index is 2.99. The zero-order chi connectivity index (χ0) is 14.6. The minimum Gasteiger partial charge on any atom is -0.389 e. The van der Waals surface area contributed by atoms with Crippen LogP contribution in [0, 0.1) is 0 Å². The van der Waals surface area contributed by atoms with Gasteiger partial charge in [-0.25, -0.2) is 0 Å². The molecule has 1 unspecified atom stereocenters. The number of thiocarbonyl (C=S) groups is 1. The first kappa shape index (κ1) is 15.9. The Hall–Kier alpha value is -1.15. The molecule has 0 bridgehead atoms. The Bertz CT molecular complexity index is 503. The molecule has 0 aliphatic heterocycles. The standard InChI is InChI=1S/C11H13F3N2OS2/c1-19(17)5-4-16-7-2-3-8(10(15)18)9(6-7)11(12,13)14/h2-3,6,16H,4-5H2,1H3,(H2,15,18). The highest BCUT2D eigenvalue weighted by Gasteiger charge is 2.34. The molecule has 1 aromatic rings. The van der Waals surface area contributed by atoms with Crippen LogP contribution in [0.2, 0.25) is 0 Å². The minimum absolute atomic E-state index is 0.202. The van der Waals surface area contributed by atoms with E-state index < -0.39 is 22.5 Å². The van der Waals surface area contributed by atoms with Crippen molar-refractivity contribution in [1.82, 2.24) is 0 Å². The fourth-order valence-electron chi connectivity index (χ4n) is 1.44. The number of hydrogen-bond donors (Lipinski definition) is 2. The Morgan fingerprint density at radius 1 is 1.47 bits per heavy atom. The van der Waals surface area contributed by atoms with E-state index in [0.29, 0.717) is 12.3 Å². The van der Waals surface area contributed by atoms with Gasteiger partial charge in [0.2, 0.25) is 0 Å². The fraction of sp³-hybridized carbons (Fsp3) is 0.364. The summed E-state index contributed by atoms with van der Waals surface area (Å²) in [6.45, 7) is 0.326. The van der Waals surface area contributed by atoms with Crippen LogP contribution in [0.25, 0.3) is 0 Å². The number of nitrogens with one attached hydrogen (secondary N) is 1. The molecule has 1 atom stereocenters. The second-order valence-corrected chi connectivity index (χ2v) is 5.82. The van der Waals surface area contributed by atoms with Gasteiger partial charge in [0.05, 0.1) is 5.56 Å². The van der Waals surface area contributed by atoms with Gasteiger partial charge in [-0.15, -0.1) is 0 Å². The Kier molecular flexibility index (Phi) is 5.30. The van der Waals surface area contributed by atoms with Crippen molar-refractivity contribution >= 4 is 33.7 Å². The van der Waals surface area contributed by atoms with Crippen molar-refractivity contribution < 1.29 is 17.4 Å². The van der Waals surface area contributed by atoms with E-state index in [9.17, 15) is 17.4 Å². The smallest absolute Gasteiger partial charge is 0.389 e. The molecule has 0 spiro atoms. The van der Waals surface area contributed by atoms with E-state index >= 15 is 0 Å². The predicted molar refractivity (Wildman–Crippen MR) is 74.8 cm³/mol. The highest BCUT2D eigenvalue weighted by Crippen LogP contribution is 2.33. The van der Waals surface area contributed by atoms with Gasteiger partial charge >= 0.3 is 6.18 Å². The van der Waals surface area contributed by atoms with E-state index in [1.54, 1.807) is 0 Å². The Morgan fingerprint density at radius 3 is 2.58 bits per heavy atom. The summed E-state index contributed by atoms with van der Waals surface area (Å²) in [5.74, 6) is 0.360. The average molecular weight is 310 g/mol. The number of benzene rings is 1. The Labute approximate surface area is 116 Å². The number of anilines is 1. The van der Waals surface area contributed by atoms with Crippen molar-refractivity contribution in [3.8, 4) is 0 Å². The van der Waals surface area contributed by atoms with Crippen LogP contribution in [-0.4, -0.2) is 27.8 Å². The van der Waals surface area contributed by atoms with Crippen LogP contribution < -0.4 is 11.1 Å². The molecule has 0 saturated heterocycles. The molecular weight excluding hydrogens is 297 g/mol. The van der Waals surface area contributed by atoms with E-state index in [-0.39, 0.29) is 16.2 Å². The van der Waals surface area contributed by atoms with E-state index in [0.717, 1.165) is 6.07 Å². The van der Waals surface area contributed by atoms with Crippen LogP contribution >= 0.6 is 12.2 Å². The third kappa shape index (κ3) is 4.79. The number of rotatable bonds is 5. The number of hydrogen-bond acceptors (Lipinski definition) is 3. The van der Waals surface area contributed by atoms with Crippen molar-refractivity contribution in [2.45, 2.75) is 6.18 Å². The van der Waals surface area contributed by atoms with Crippen LogP contribution in [0.5, 0.6) is 0 Å². The molecule has 0 aliphatic rings. The molecule has 19 heavy (non-hydrogen) atoms. The monoisotopic (exact) mass is 310 g/mol. The molecule has 0 heterocycles. The molecule has 1 aromatic carbocycles. The van der Waals surface area contributed by atoms with Gasteiger partial charge < -0.3 is 11.1 Å². The molecule has 3 N–H and O–H groups in total. The lowest BCUT2D eigenvalue weighted by Gasteiger charge is -2.14. The SMILES string of the molecule is CS(=O)CCNc1ccc(C(N)=S)c(C(F)(F)F)c1. The molecular formula is C11H13F3N2OS2. The highest BCUT2D eigenvalue weighted by atomic mass is 32.2. The van der Waals surface area contributed by atoms with Gasteiger partial charge in [0.25, 0.3) is 0 Å². The van der Waals surface area contributed by atoms with Crippen LogP contribution in [-0.2, 0) is 17.0 Å². The number of halogens is 3. The summed E-state index contributed by atoms with van der Waals surface area (Å²) in [6.07, 6.45) is -3.00. The second kappa shape index (κ2) is 6.33. The molecule has 0 saturated carbocycles. The normalized spacial score (nSPS) is 13.1. The first-order valence-corrected chi connectivity index (χ1v) is 7.40. The van der Waals surface area contributed by atoms with Gasteiger partial charge in [0, 0.05) is 40.6 Å². The van der Waals surface area contributed by atoms with Crippen molar-refractivity contribution in [2.75, 3.05) is 23.9 Å². The largest absolute Gasteiger partial charge is 0.417 e. The fourth-order valence-corrected chi connectivity index (χ4v) is 2.01. The number of nitrogens with two attached hydrogens (primary N) is 1. The summed E-state index contributed by atoms with van der Waals surface area (Å²) in [5.41, 5.74) is 4.49. The predicted octanol–water partition coefficient (Wildman–Crippen LogP) is 2.13. The summed E-state index contributed by atoms with van der Waals surface area (Å²) < 4.78 is 49.4. The maximum absolute atomic E-state index is 12.8. The molecule has 0 amide bonds. The third-order valence-corrected chi connectivity index (χ3v) is 3.31. The lowest BCUT2D eigenvalue weighted by atomic mass is 10.1. The molecule has 106 valence electrons. The number of alkyl halides is 3. The maximum Gasteiger partial charge on any atom is 0.417 e. The summed E-state index contributed by atoms with van der Waals surface area (Å²) in [7, 11) is -0.999. The summed E-state index contributed by atoms with van der Waals surface area (Å²) in [4.78, 5) is -0.298. The van der Waals surface area contributed by atoms with Gasteiger partial charge in [-0.1, -0.05) is 12.2 Å². The lowest BCUT2D eigenvalue weighted by Crippen LogP contribution is -2.18. The molecule has 3 nitrogen and oxygen atoms in total. The topological polar surface area (TPSA) is 55.1 Å². The summed E-state index contributed by atoms with van der Waals surface area (Å²) in [5, 5.41) is 2.78. The molecule has 0 aromatic heterocycles. The van der Waals surface area contributed by atoms with Gasteiger partial charge in [-0.05, 0) is 18.2 Å². The zero-order valence-electron chi connectivity index (χ0n) is 10.1. The van der Waals surface area contributed by atoms with E-state index in [4.69, 9.17) is 5.73 Å². The van der Waals surface area contributed by atoms with Crippen LogP contribution in [0.3, 0.4) is 0 Å². The van der Waals surface area contributed by atoms with Crippen molar-refractivity contribution in [3.05, 3.63) is 29.3 Å². The molecule has 0 aliphatic carbocycles. The lowest BCUT2D eigenvalue weighted by molar-refractivity contribution is -0.137. The van der Waals surface area contributed by atoms with Crippen molar-refractivity contribution in [3.63, 3.8) is 0 Å². The van der Waals surface area contributed by atoms with Crippen molar-refractivity contribution in [2.24, 2.45) is 5.73 Å². The minimum atomic E-state index is -4.52. The molecule has 0 fully saturated rings. The highest BCUT2D eigenvalue weighted by molar-refractivity contribution is 7.84. The van der Waals surface area contributed by atoms with E-state index in [2.05, 4.69) is 17.5 Å². The Morgan fingerprint density at radius 2 is 2.11 bits per heavy atom. The van der Waals surface area contributed by atoms with Gasteiger partial charge in [-0.3, -0.25) is 4.21 Å². The molecule has 1 rings (SSSR count). The molecule has 0 radical (unpaired) electrons. The van der Waals surface area contributed by atoms with Crippen LogP contribution in [0.15, 0.2) is 18.2 Å². The van der Waals surface area contributed by atoms with Gasteiger partial charge in [0.15, 0.2) is 0 Å². The first-order valence-electron chi connectivity index (χ1n) is 5.26. The quantitative estimate of drug-likeness (QED) is 0.818. The van der Waals surface area contributed by atoms with Gasteiger partial charge in [0.1, 0.15) is 4.99 Å². The second-order valence-electron chi connectivity index (χ2n) is 3.83. The molecule has 8 heteroatoms. The first-order chi connectivity index (χ1) is 8.71. The van der Waals surface area contributed by atoms with Crippen molar-refractivity contribution in [1.29, 1.82) is 0 Å². The zero-order valence-corrected chi connectivity index (χ0v) is 11.7. The van der Waals surface area contributed by atoms with Crippen LogP contribution in [0.1, 0.15) is 11.1 Å². The van der Waals surface area contributed by atoms with E-state index in [1.807, 2.05) is 0 Å². The third-order valence-electron chi connectivity index (χ3n) is 2.31. The summed E-state index contributed by atoms with van der Waals surface area (Å²) in [6, 6.07) is 3.64. The van der Waals surface area contributed by atoms with Gasteiger partial charge in [-0.2, -0.15) is 13.2 Å². The van der Waals surface area contributed by atoms with E-state index in [1.165, 1.54) is 18.4 Å². The summed E-state index contributed by atoms with van der Waals surface area (Å²) >= 11 is 4.60. The van der Waals surface area contributed by atoms with Crippen LogP contribution in [0.4, 0.5) is 18.9 Å².